The van der Waals surface area contributed by atoms with E-state index in [1.54, 1.807) is 0 Å². The molecule has 0 bridgehead atoms. The molecule has 0 aliphatic heterocycles. The van der Waals surface area contributed by atoms with E-state index in [0.29, 0.717) is 0 Å². The normalized spacial score (nSPS) is 10.9. The highest BCUT2D eigenvalue weighted by molar-refractivity contribution is 5.87. The monoisotopic (exact) mass is 269 g/mol. The van der Waals surface area contributed by atoms with E-state index in [4.69, 9.17) is 9.84 Å². The van der Waals surface area contributed by atoms with Crippen molar-refractivity contribution in [1.29, 1.82) is 0 Å². The molecule has 1 aromatic carbocycles. The first-order chi connectivity index (χ1) is 8.69. The Bertz CT molecular complexity index is 494. The molecule has 2 N–H and O–H groups in total. The molecule has 0 aromatic heterocycles. The largest absolute Gasteiger partial charge is 0.481 e. The van der Waals surface area contributed by atoms with Crippen molar-refractivity contribution in [1.82, 2.24) is 5.32 Å². The van der Waals surface area contributed by atoms with Gasteiger partial charge in [-0.2, -0.15) is 0 Å². The molecule has 0 spiro atoms. The van der Waals surface area contributed by atoms with Crippen molar-refractivity contribution in [3.63, 3.8) is 0 Å². The summed E-state index contributed by atoms with van der Waals surface area (Å²) in [6.07, 6.45) is 0. The number of carbonyl (C=O) groups excluding carboxylic acids is 1. The highest BCUT2D eigenvalue weighted by Crippen LogP contribution is 2.18. The smallest absolute Gasteiger partial charge is 0.335 e. The highest BCUT2D eigenvalue weighted by Gasteiger charge is 2.15. The molecule has 0 saturated heterocycles. The second-order valence-corrected chi connectivity index (χ2v) is 5.04. The summed E-state index contributed by atoms with van der Waals surface area (Å²) in [5.41, 5.74) is -0.574. The average molecular weight is 269 g/mol. The van der Waals surface area contributed by atoms with Crippen LogP contribution in [0.25, 0.3) is 0 Å². The summed E-state index contributed by atoms with van der Waals surface area (Å²) >= 11 is 0. The van der Waals surface area contributed by atoms with Crippen LogP contribution in [0.3, 0.4) is 0 Å². The molecular weight excluding hydrogens is 253 g/mol. The van der Waals surface area contributed by atoms with Crippen LogP contribution in [0.5, 0.6) is 5.75 Å². The van der Waals surface area contributed by atoms with Crippen molar-refractivity contribution in [3.8, 4) is 5.75 Å². The molecule has 0 unspecified atom stereocenters. The number of hydrogen-bond acceptors (Lipinski definition) is 3. The summed E-state index contributed by atoms with van der Waals surface area (Å²) in [4.78, 5) is 22.1. The molecule has 1 aromatic rings. The predicted octanol–water partition coefficient (Wildman–Crippen LogP) is 1.82. The molecular formula is C13H16FNO4. The fraction of sp³-hybridized carbons (Fsp3) is 0.385. The van der Waals surface area contributed by atoms with Crippen LogP contribution in [0.2, 0.25) is 0 Å². The number of rotatable bonds is 4. The molecule has 104 valence electrons. The number of halogens is 1. The molecule has 0 radical (unpaired) electrons. The van der Waals surface area contributed by atoms with Crippen molar-refractivity contribution in [3.05, 3.63) is 29.6 Å². The molecule has 6 heteroatoms. The summed E-state index contributed by atoms with van der Waals surface area (Å²) in [5, 5.41) is 11.3. The summed E-state index contributed by atoms with van der Waals surface area (Å²) in [6.45, 7) is 5.11. The molecule has 0 aliphatic rings. The maximum Gasteiger partial charge on any atom is 0.335 e. The van der Waals surface area contributed by atoms with Crippen LogP contribution in [0.1, 0.15) is 31.1 Å². The SMILES string of the molecule is CC(C)(C)NC(=O)COc1ccc(C(=O)O)cc1F. The Labute approximate surface area is 110 Å². The third-order valence-electron chi connectivity index (χ3n) is 2.05. The van der Waals surface area contributed by atoms with Gasteiger partial charge in [-0.3, -0.25) is 4.79 Å². The van der Waals surface area contributed by atoms with Gasteiger partial charge >= 0.3 is 5.97 Å². The molecule has 1 rings (SSSR count). The molecule has 0 atom stereocenters. The van der Waals surface area contributed by atoms with Gasteiger partial charge in [0.05, 0.1) is 5.56 Å². The van der Waals surface area contributed by atoms with E-state index in [1.165, 1.54) is 12.1 Å². The summed E-state index contributed by atoms with van der Waals surface area (Å²) in [6, 6.07) is 3.24. The Kier molecular flexibility index (Phi) is 4.47. The van der Waals surface area contributed by atoms with E-state index in [0.717, 1.165) is 6.07 Å². The lowest BCUT2D eigenvalue weighted by Gasteiger charge is -2.20. The minimum Gasteiger partial charge on any atom is -0.481 e. The Morgan fingerprint density at radius 1 is 1.37 bits per heavy atom. The van der Waals surface area contributed by atoms with Crippen LogP contribution in [0.4, 0.5) is 4.39 Å². The number of ether oxygens (including phenoxy) is 1. The van der Waals surface area contributed by atoms with Gasteiger partial charge in [-0.15, -0.1) is 0 Å². The van der Waals surface area contributed by atoms with Gasteiger partial charge in [0.1, 0.15) is 0 Å². The number of nitrogens with one attached hydrogen (secondary N) is 1. The van der Waals surface area contributed by atoms with Crippen molar-refractivity contribution >= 4 is 11.9 Å². The van der Waals surface area contributed by atoms with E-state index in [1.807, 2.05) is 20.8 Å². The van der Waals surface area contributed by atoms with E-state index in [9.17, 15) is 14.0 Å². The predicted molar refractivity (Wildman–Crippen MR) is 66.8 cm³/mol. The first-order valence-corrected chi connectivity index (χ1v) is 5.66. The van der Waals surface area contributed by atoms with E-state index in [2.05, 4.69) is 5.32 Å². The molecule has 0 aliphatic carbocycles. The van der Waals surface area contributed by atoms with Gasteiger partial charge < -0.3 is 15.2 Å². The summed E-state index contributed by atoms with van der Waals surface area (Å²) in [5.74, 6) is -2.58. The van der Waals surface area contributed by atoms with Gasteiger partial charge in [0.15, 0.2) is 18.2 Å². The quantitative estimate of drug-likeness (QED) is 0.874. The first kappa shape index (κ1) is 14.9. The first-order valence-electron chi connectivity index (χ1n) is 5.66. The maximum atomic E-state index is 13.5. The lowest BCUT2D eigenvalue weighted by molar-refractivity contribution is -0.124. The van der Waals surface area contributed by atoms with Crippen LogP contribution in [0.15, 0.2) is 18.2 Å². The van der Waals surface area contributed by atoms with Crippen molar-refractivity contribution < 1.29 is 23.8 Å². The maximum absolute atomic E-state index is 13.5. The second-order valence-electron chi connectivity index (χ2n) is 5.04. The third kappa shape index (κ3) is 4.95. The Hall–Kier alpha value is -2.11. The van der Waals surface area contributed by atoms with Crippen LogP contribution >= 0.6 is 0 Å². The number of carboxylic acids is 1. The number of carbonyl (C=O) groups is 2. The number of carboxylic acid groups (broad SMARTS) is 1. The van der Waals surface area contributed by atoms with Crippen LogP contribution < -0.4 is 10.1 Å². The Morgan fingerprint density at radius 3 is 2.47 bits per heavy atom. The number of hydrogen-bond donors (Lipinski definition) is 2. The van der Waals surface area contributed by atoms with Gasteiger partial charge in [0.25, 0.3) is 5.91 Å². The molecule has 0 heterocycles. The van der Waals surface area contributed by atoms with Gasteiger partial charge in [0, 0.05) is 5.54 Å². The number of aromatic carboxylic acids is 1. The fourth-order valence-corrected chi connectivity index (χ4v) is 1.35. The van der Waals surface area contributed by atoms with E-state index < -0.39 is 17.3 Å². The molecule has 0 fully saturated rings. The van der Waals surface area contributed by atoms with Crippen molar-refractivity contribution in [2.45, 2.75) is 26.3 Å². The van der Waals surface area contributed by atoms with Crippen LogP contribution in [-0.4, -0.2) is 29.1 Å². The molecule has 5 nitrogen and oxygen atoms in total. The lowest BCUT2D eigenvalue weighted by atomic mass is 10.1. The van der Waals surface area contributed by atoms with Gasteiger partial charge in [-0.25, -0.2) is 9.18 Å². The van der Waals surface area contributed by atoms with Gasteiger partial charge in [-0.1, -0.05) is 0 Å². The Balaban J connectivity index is 2.64. The fourth-order valence-electron chi connectivity index (χ4n) is 1.35. The minimum absolute atomic E-state index is 0.158. The van der Waals surface area contributed by atoms with Crippen molar-refractivity contribution in [2.24, 2.45) is 0 Å². The van der Waals surface area contributed by atoms with E-state index >= 15 is 0 Å². The molecule has 19 heavy (non-hydrogen) atoms. The topological polar surface area (TPSA) is 75.6 Å². The highest BCUT2D eigenvalue weighted by atomic mass is 19.1. The Morgan fingerprint density at radius 2 is 2.00 bits per heavy atom. The van der Waals surface area contributed by atoms with Gasteiger partial charge in [0.2, 0.25) is 0 Å². The summed E-state index contributed by atoms with van der Waals surface area (Å²) < 4.78 is 18.5. The zero-order valence-corrected chi connectivity index (χ0v) is 11.0. The lowest BCUT2D eigenvalue weighted by Crippen LogP contribution is -2.43. The van der Waals surface area contributed by atoms with E-state index in [-0.39, 0.29) is 23.8 Å². The van der Waals surface area contributed by atoms with Gasteiger partial charge in [-0.05, 0) is 39.0 Å². The van der Waals surface area contributed by atoms with Crippen molar-refractivity contribution in [2.75, 3.05) is 6.61 Å². The standard InChI is InChI=1S/C13H16FNO4/c1-13(2,3)15-11(16)7-19-10-5-4-8(12(17)18)6-9(10)14/h4-6H,7H2,1-3H3,(H,15,16)(H,17,18). The van der Waals surface area contributed by atoms with Crippen LogP contribution in [0, 0.1) is 5.82 Å². The average Bonchev–Trinajstić information content (AvgIpc) is 2.24. The summed E-state index contributed by atoms with van der Waals surface area (Å²) in [7, 11) is 0. The number of amides is 1. The molecule has 0 saturated carbocycles. The number of benzene rings is 1. The minimum atomic E-state index is -1.23. The second kappa shape index (κ2) is 5.69. The molecule has 1 amide bonds. The zero-order chi connectivity index (χ0) is 14.6. The zero-order valence-electron chi connectivity index (χ0n) is 11.0. The third-order valence-corrected chi connectivity index (χ3v) is 2.05. The van der Waals surface area contributed by atoms with Crippen LogP contribution in [-0.2, 0) is 4.79 Å².